The van der Waals surface area contributed by atoms with Crippen LogP contribution in [0.4, 0.5) is 15.8 Å². The summed E-state index contributed by atoms with van der Waals surface area (Å²) >= 11 is 1.27. The molecule has 0 saturated heterocycles. The van der Waals surface area contributed by atoms with E-state index in [0.29, 0.717) is 22.2 Å². The zero-order chi connectivity index (χ0) is 16.4. The summed E-state index contributed by atoms with van der Waals surface area (Å²) in [4.78, 5) is 12.2. The Morgan fingerprint density at radius 3 is 2.74 bits per heavy atom. The fraction of sp³-hybridized carbons (Fsp3) is 0.133. The lowest BCUT2D eigenvalue weighted by Crippen LogP contribution is -2.22. The van der Waals surface area contributed by atoms with Crippen LogP contribution in [0.3, 0.4) is 0 Å². The molecule has 1 amide bonds. The van der Waals surface area contributed by atoms with Gasteiger partial charge in [-0.15, -0.1) is 10.2 Å². The number of rotatable bonds is 4. The lowest BCUT2D eigenvalue weighted by Gasteiger charge is -2.11. The first-order valence-corrected chi connectivity index (χ1v) is 7.74. The van der Waals surface area contributed by atoms with Crippen LogP contribution in [0, 0.1) is 5.82 Å². The summed E-state index contributed by atoms with van der Waals surface area (Å²) in [6.45, 7) is 1.76. The van der Waals surface area contributed by atoms with Gasteiger partial charge >= 0.3 is 0 Å². The molecule has 0 aliphatic rings. The Kier molecular flexibility index (Phi) is 4.16. The molecule has 8 heteroatoms. The molecule has 3 rings (SSSR count). The Hall–Kier alpha value is -2.61. The Balaban J connectivity index is 1.72. The summed E-state index contributed by atoms with van der Waals surface area (Å²) in [5.41, 5.74) is 7.55. The van der Waals surface area contributed by atoms with Gasteiger partial charge in [-0.2, -0.15) is 0 Å². The zero-order valence-corrected chi connectivity index (χ0v) is 13.0. The number of thioether (sulfide) groups is 1. The number of nitrogen functional groups attached to an aromatic ring is 1. The van der Waals surface area contributed by atoms with Gasteiger partial charge in [-0.05, 0) is 43.3 Å². The van der Waals surface area contributed by atoms with Gasteiger partial charge in [0, 0.05) is 17.6 Å². The molecule has 3 N–H and O–H groups in total. The van der Waals surface area contributed by atoms with Crippen molar-refractivity contribution in [2.45, 2.75) is 17.3 Å². The van der Waals surface area contributed by atoms with Crippen molar-refractivity contribution in [1.82, 2.24) is 14.6 Å². The van der Waals surface area contributed by atoms with Gasteiger partial charge in [0.05, 0.1) is 5.25 Å². The number of nitrogens with zero attached hydrogens (tertiary/aromatic N) is 3. The van der Waals surface area contributed by atoms with E-state index in [0.717, 1.165) is 0 Å². The minimum absolute atomic E-state index is 0.206. The van der Waals surface area contributed by atoms with Crippen LogP contribution in [0.1, 0.15) is 6.92 Å². The molecule has 0 saturated carbocycles. The van der Waals surface area contributed by atoms with Gasteiger partial charge in [0.2, 0.25) is 5.91 Å². The maximum atomic E-state index is 12.9. The van der Waals surface area contributed by atoms with Crippen LogP contribution >= 0.6 is 11.8 Å². The number of benzene rings is 1. The van der Waals surface area contributed by atoms with Crippen LogP contribution in [-0.4, -0.2) is 25.8 Å². The molecule has 1 unspecified atom stereocenters. The van der Waals surface area contributed by atoms with Gasteiger partial charge in [-0.3, -0.25) is 9.20 Å². The zero-order valence-electron chi connectivity index (χ0n) is 12.2. The van der Waals surface area contributed by atoms with Crippen LogP contribution in [0.25, 0.3) is 5.65 Å². The maximum Gasteiger partial charge on any atom is 0.237 e. The van der Waals surface area contributed by atoms with E-state index in [-0.39, 0.29) is 11.7 Å². The second kappa shape index (κ2) is 6.25. The molecule has 0 bridgehead atoms. The molecular weight excluding hydrogens is 317 g/mol. The topological polar surface area (TPSA) is 85.3 Å². The SMILES string of the molecule is CC(Sc1nnc2ccc(N)cn12)C(=O)Nc1ccc(F)cc1. The lowest BCUT2D eigenvalue weighted by atomic mass is 10.3. The third-order valence-electron chi connectivity index (χ3n) is 3.16. The van der Waals surface area contributed by atoms with E-state index in [2.05, 4.69) is 15.5 Å². The molecule has 1 aromatic carbocycles. The van der Waals surface area contributed by atoms with Crippen molar-refractivity contribution in [3.8, 4) is 0 Å². The van der Waals surface area contributed by atoms with E-state index in [4.69, 9.17) is 5.73 Å². The van der Waals surface area contributed by atoms with E-state index < -0.39 is 5.25 Å². The number of nitrogens with one attached hydrogen (secondary N) is 1. The molecule has 0 aliphatic carbocycles. The van der Waals surface area contributed by atoms with Crippen LogP contribution < -0.4 is 11.1 Å². The number of pyridine rings is 1. The molecule has 23 heavy (non-hydrogen) atoms. The highest BCUT2D eigenvalue weighted by atomic mass is 32.2. The molecule has 0 radical (unpaired) electrons. The van der Waals surface area contributed by atoms with Crippen molar-refractivity contribution in [2.24, 2.45) is 0 Å². The normalized spacial score (nSPS) is 12.3. The minimum atomic E-state index is -0.408. The summed E-state index contributed by atoms with van der Waals surface area (Å²) in [5.74, 6) is -0.555. The van der Waals surface area contributed by atoms with E-state index in [1.54, 1.807) is 29.7 Å². The standard InChI is InChI=1S/C15H14FN5OS/c1-9(14(22)18-12-5-2-10(16)3-6-12)23-15-20-19-13-7-4-11(17)8-21(13)15/h2-9H,17H2,1H3,(H,18,22). The number of fused-ring (bicyclic) bond motifs is 1. The summed E-state index contributed by atoms with van der Waals surface area (Å²) < 4.78 is 14.6. The fourth-order valence-corrected chi connectivity index (χ4v) is 2.79. The van der Waals surface area contributed by atoms with Gasteiger partial charge in [0.25, 0.3) is 0 Å². The van der Waals surface area contributed by atoms with Gasteiger partial charge in [0.15, 0.2) is 10.8 Å². The number of aromatic nitrogens is 3. The molecule has 0 spiro atoms. The predicted octanol–water partition coefficient (Wildman–Crippen LogP) is 2.57. The Morgan fingerprint density at radius 2 is 2.00 bits per heavy atom. The quantitative estimate of drug-likeness (QED) is 0.718. The van der Waals surface area contributed by atoms with Crippen molar-refractivity contribution in [2.75, 3.05) is 11.1 Å². The smallest absolute Gasteiger partial charge is 0.237 e. The molecule has 1 atom stereocenters. The summed E-state index contributed by atoms with van der Waals surface area (Å²) in [6, 6.07) is 9.11. The van der Waals surface area contributed by atoms with Crippen molar-refractivity contribution in [1.29, 1.82) is 0 Å². The molecule has 0 fully saturated rings. The number of hydrogen-bond acceptors (Lipinski definition) is 5. The third kappa shape index (κ3) is 3.42. The number of carbonyl (C=O) groups is 1. The van der Waals surface area contributed by atoms with Crippen LogP contribution in [0.5, 0.6) is 0 Å². The summed E-state index contributed by atoms with van der Waals surface area (Å²) in [6.07, 6.45) is 1.71. The maximum absolute atomic E-state index is 12.9. The predicted molar refractivity (Wildman–Crippen MR) is 87.7 cm³/mol. The van der Waals surface area contributed by atoms with E-state index in [1.165, 1.54) is 36.0 Å². The van der Waals surface area contributed by atoms with Gasteiger partial charge < -0.3 is 11.1 Å². The van der Waals surface area contributed by atoms with Gasteiger partial charge in [-0.1, -0.05) is 11.8 Å². The summed E-state index contributed by atoms with van der Waals surface area (Å²) in [7, 11) is 0. The summed E-state index contributed by atoms with van der Waals surface area (Å²) in [5, 5.41) is 11.0. The number of nitrogens with two attached hydrogens (primary N) is 1. The lowest BCUT2D eigenvalue weighted by molar-refractivity contribution is -0.115. The monoisotopic (exact) mass is 331 g/mol. The third-order valence-corrected chi connectivity index (χ3v) is 4.21. The van der Waals surface area contributed by atoms with E-state index in [9.17, 15) is 9.18 Å². The Labute approximate surface area is 135 Å². The van der Waals surface area contributed by atoms with Crippen LogP contribution in [0.2, 0.25) is 0 Å². The number of anilines is 2. The molecule has 2 heterocycles. The molecule has 3 aromatic rings. The van der Waals surface area contributed by atoms with Gasteiger partial charge in [0.1, 0.15) is 5.82 Å². The minimum Gasteiger partial charge on any atom is -0.398 e. The van der Waals surface area contributed by atoms with E-state index in [1.807, 2.05) is 0 Å². The number of amides is 1. The van der Waals surface area contributed by atoms with E-state index >= 15 is 0 Å². The molecule has 0 aliphatic heterocycles. The average Bonchev–Trinajstić information content (AvgIpc) is 2.91. The number of carbonyl (C=O) groups excluding carboxylic acids is 1. The molecule has 2 aromatic heterocycles. The molecule has 6 nitrogen and oxygen atoms in total. The molecular formula is C15H14FN5OS. The van der Waals surface area contributed by atoms with Crippen molar-refractivity contribution >= 4 is 34.7 Å². The highest BCUT2D eigenvalue weighted by molar-refractivity contribution is 8.00. The van der Waals surface area contributed by atoms with Crippen molar-refractivity contribution in [3.63, 3.8) is 0 Å². The van der Waals surface area contributed by atoms with Crippen molar-refractivity contribution < 1.29 is 9.18 Å². The highest BCUT2D eigenvalue weighted by Crippen LogP contribution is 2.24. The fourth-order valence-electron chi connectivity index (χ4n) is 1.96. The first kappa shape index (κ1) is 15.3. The van der Waals surface area contributed by atoms with Crippen LogP contribution in [0.15, 0.2) is 47.8 Å². The highest BCUT2D eigenvalue weighted by Gasteiger charge is 2.18. The second-order valence-corrected chi connectivity index (χ2v) is 6.24. The second-order valence-electron chi connectivity index (χ2n) is 4.93. The number of hydrogen-bond donors (Lipinski definition) is 2. The van der Waals surface area contributed by atoms with Gasteiger partial charge in [-0.25, -0.2) is 4.39 Å². The first-order valence-electron chi connectivity index (χ1n) is 6.86. The Morgan fingerprint density at radius 1 is 1.26 bits per heavy atom. The Bertz CT molecular complexity index is 849. The molecule has 118 valence electrons. The largest absolute Gasteiger partial charge is 0.398 e. The first-order chi connectivity index (χ1) is 11.0. The van der Waals surface area contributed by atoms with Crippen LogP contribution in [-0.2, 0) is 4.79 Å². The average molecular weight is 331 g/mol. The van der Waals surface area contributed by atoms with Crippen molar-refractivity contribution in [3.05, 3.63) is 48.4 Å². The number of halogens is 1.